The number of hydrogen-bond donors (Lipinski definition) is 2. The molecule has 28 heavy (non-hydrogen) atoms. The van der Waals surface area contributed by atoms with Crippen LogP contribution >= 0.6 is 23.4 Å². The lowest BCUT2D eigenvalue weighted by atomic mass is 9.97. The number of carboxylic acids is 1. The highest BCUT2D eigenvalue weighted by molar-refractivity contribution is 8.15. The van der Waals surface area contributed by atoms with E-state index in [4.69, 9.17) is 16.7 Å². The number of fused-ring (bicyclic) bond motifs is 2. The van der Waals surface area contributed by atoms with E-state index in [1.54, 1.807) is 6.21 Å². The van der Waals surface area contributed by atoms with Crippen LogP contribution in [-0.4, -0.2) is 33.6 Å². The van der Waals surface area contributed by atoms with Crippen LogP contribution in [0.3, 0.4) is 0 Å². The molecule has 1 heterocycles. The number of carbonyl (C=O) groups excluding carboxylic acids is 1. The summed E-state index contributed by atoms with van der Waals surface area (Å²) in [5.74, 6) is -1.40. The smallest absolute Gasteiger partial charge is 0.305 e. The quantitative estimate of drug-likeness (QED) is 0.385. The summed E-state index contributed by atoms with van der Waals surface area (Å²) >= 11 is 7.65. The first-order chi connectivity index (χ1) is 13.5. The van der Waals surface area contributed by atoms with Crippen LogP contribution in [0.5, 0.6) is 0 Å². The monoisotopic (exact) mass is 411 g/mol. The molecular formula is C20H14ClN3O3S. The van der Waals surface area contributed by atoms with Crippen molar-refractivity contribution in [3.63, 3.8) is 0 Å². The summed E-state index contributed by atoms with van der Waals surface area (Å²) in [7, 11) is 0. The van der Waals surface area contributed by atoms with Crippen molar-refractivity contribution in [1.82, 2.24) is 5.32 Å². The minimum Gasteiger partial charge on any atom is -0.481 e. The molecule has 140 valence electrons. The van der Waals surface area contributed by atoms with E-state index in [0.717, 1.165) is 38.9 Å². The van der Waals surface area contributed by atoms with Crippen LogP contribution < -0.4 is 5.32 Å². The van der Waals surface area contributed by atoms with Crippen molar-refractivity contribution in [1.29, 1.82) is 0 Å². The molecule has 1 unspecified atom stereocenters. The Bertz CT molecular complexity index is 1120. The molecule has 0 radical (unpaired) electrons. The zero-order chi connectivity index (χ0) is 19.7. The van der Waals surface area contributed by atoms with E-state index in [1.165, 1.54) is 0 Å². The summed E-state index contributed by atoms with van der Waals surface area (Å²) in [6, 6.07) is 15.6. The maximum Gasteiger partial charge on any atom is 0.305 e. The van der Waals surface area contributed by atoms with E-state index >= 15 is 0 Å². The minimum atomic E-state index is -1.03. The molecule has 2 N–H and O–H groups in total. The Labute approximate surface area is 169 Å². The normalized spacial score (nSPS) is 18.4. The number of nitrogens with one attached hydrogen (secondary N) is 1. The third kappa shape index (κ3) is 3.46. The minimum absolute atomic E-state index is 0.258. The number of halogens is 1. The van der Waals surface area contributed by atoms with Gasteiger partial charge >= 0.3 is 5.97 Å². The lowest BCUT2D eigenvalue weighted by molar-refractivity contribution is -0.138. The number of aliphatic carboxylic acids is 1. The molecule has 1 amide bonds. The van der Waals surface area contributed by atoms with Gasteiger partial charge in [0.25, 0.3) is 0 Å². The molecule has 6 nitrogen and oxygen atoms in total. The van der Waals surface area contributed by atoms with Gasteiger partial charge in [-0.3, -0.25) is 9.59 Å². The molecule has 0 aliphatic carbocycles. The van der Waals surface area contributed by atoms with Gasteiger partial charge in [0.2, 0.25) is 5.91 Å². The first kappa shape index (κ1) is 18.5. The van der Waals surface area contributed by atoms with Gasteiger partial charge < -0.3 is 10.4 Å². The Morgan fingerprint density at radius 1 is 1.11 bits per heavy atom. The maximum atomic E-state index is 11.8. The van der Waals surface area contributed by atoms with Crippen molar-refractivity contribution in [2.75, 3.05) is 0 Å². The number of nitrogens with zero attached hydrogens (tertiary/aromatic N) is 2. The van der Waals surface area contributed by atoms with Gasteiger partial charge in [-0.15, -0.1) is 5.10 Å². The third-order valence-electron chi connectivity index (χ3n) is 4.38. The van der Waals surface area contributed by atoms with Crippen molar-refractivity contribution < 1.29 is 14.7 Å². The average Bonchev–Trinajstić information content (AvgIpc) is 3.03. The Hall–Kier alpha value is -2.90. The number of benzene rings is 3. The van der Waals surface area contributed by atoms with Gasteiger partial charge in [0.1, 0.15) is 5.25 Å². The molecular weight excluding hydrogens is 398 g/mol. The first-order valence-corrected chi connectivity index (χ1v) is 9.69. The molecule has 8 heteroatoms. The van der Waals surface area contributed by atoms with Crippen molar-refractivity contribution >= 4 is 68.2 Å². The number of thioether (sulfide) groups is 1. The highest BCUT2D eigenvalue weighted by atomic mass is 35.5. The Balaban J connectivity index is 1.73. The second-order valence-corrected chi connectivity index (χ2v) is 7.73. The molecule has 3 aromatic carbocycles. The van der Waals surface area contributed by atoms with Crippen LogP contribution in [0.15, 0.2) is 58.7 Å². The van der Waals surface area contributed by atoms with Gasteiger partial charge in [0, 0.05) is 16.3 Å². The molecule has 0 bridgehead atoms. The maximum absolute atomic E-state index is 11.8. The Kier molecular flexibility index (Phi) is 5.02. The Morgan fingerprint density at radius 3 is 2.25 bits per heavy atom. The Morgan fingerprint density at radius 2 is 1.68 bits per heavy atom. The largest absolute Gasteiger partial charge is 0.481 e. The molecule has 1 fully saturated rings. The second-order valence-electron chi connectivity index (χ2n) is 6.16. The second kappa shape index (κ2) is 7.61. The highest BCUT2D eigenvalue weighted by Crippen LogP contribution is 2.35. The van der Waals surface area contributed by atoms with Crippen LogP contribution in [0.4, 0.5) is 0 Å². The van der Waals surface area contributed by atoms with Gasteiger partial charge in [-0.25, -0.2) is 0 Å². The van der Waals surface area contributed by atoms with Crippen LogP contribution in [0.2, 0.25) is 5.02 Å². The standard InChI is InChI=1S/C20H14ClN3O3S/c21-18-13-7-3-1-5-11(13)15(12-6-2-4-8-14(12)18)10-22-24-20-23-19(27)16(28-20)9-17(25)26/h1-8,10,16H,9H2,(H,25,26)(H,23,24,27). The zero-order valence-corrected chi connectivity index (χ0v) is 16.0. The summed E-state index contributed by atoms with van der Waals surface area (Å²) in [5, 5.41) is 23.6. The summed E-state index contributed by atoms with van der Waals surface area (Å²) in [6.07, 6.45) is 1.37. The number of amidine groups is 1. The molecule has 0 spiro atoms. The zero-order valence-electron chi connectivity index (χ0n) is 14.4. The van der Waals surface area contributed by atoms with E-state index in [2.05, 4.69) is 15.5 Å². The summed E-state index contributed by atoms with van der Waals surface area (Å²) in [4.78, 5) is 22.6. The van der Waals surface area contributed by atoms with Gasteiger partial charge in [0.15, 0.2) is 5.17 Å². The molecule has 0 aromatic heterocycles. The van der Waals surface area contributed by atoms with Crippen LogP contribution in [0.1, 0.15) is 12.0 Å². The average molecular weight is 412 g/mol. The summed E-state index contributed by atoms with van der Waals surface area (Å²) in [5.41, 5.74) is 0.872. The first-order valence-electron chi connectivity index (χ1n) is 8.44. The summed E-state index contributed by atoms with van der Waals surface area (Å²) < 4.78 is 0. The lowest BCUT2D eigenvalue weighted by Gasteiger charge is -2.10. The van der Waals surface area contributed by atoms with E-state index in [9.17, 15) is 9.59 Å². The van der Waals surface area contributed by atoms with E-state index < -0.39 is 11.2 Å². The highest BCUT2D eigenvalue weighted by Gasteiger charge is 2.32. The van der Waals surface area contributed by atoms with Gasteiger partial charge in [-0.05, 0) is 10.8 Å². The fourth-order valence-corrected chi connectivity index (χ4v) is 4.38. The van der Waals surface area contributed by atoms with E-state index in [0.29, 0.717) is 5.02 Å². The fraction of sp³-hybridized carbons (Fsp3) is 0.100. The topological polar surface area (TPSA) is 91.1 Å². The molecule has 0 saturated carbocycles. The third-order valence-corrected chi connectivity index (χ3v) is 5.86. The van der Waals surface area contributed by atoms with E-state index in [1.807, 2.05) is 48.5 Å². The predicted octanol–water partition coefficient (Wildman–Crippen LogP) is 4.04. The number of rotatable bonds is 4. The summed E-state index contributed by atoms with van der Waals surface area (Å²) in [6.45, 7) is 0. The van der Waals surface area contributed by atoms with E-state index in [-0.39, 0.29) is 17.5 Å². The molecule has 4 rings (SSSR count). The fourth-order valence-electron chi connectivity index (χ4n) is 3.13. The van der Waals surface area contributed by atoms with Gasteiger partial charge in [-0.2, -0.15) is 5.10 Å². The number of carbonyl (C=O) groups is 2. The number of hydrogen-bond acceptors (Lipinski definition) is 5. The van der Waals surface area contributed by atoms with Crippen LogP contribution in [0.25, 0.3) is 21.5 Å². The van der Waals surface area contributed by atoms with Gasteiger partial charge in [-0.1, -0.05) is 71.9 Å². The van der Waals surface area contributed by atoms with Crippen molar-refractivity contribution in [3.8, 4) is 0 Å². The molecule has 1 aliphatic rings. The number of carboxylic acid groups (broad SMARTS) is 1. The number of amides is 1. The molecule has 1 aliphatic heterocycles. The SMILES string of the molecule is O=C(O)CC1SC(=NN=Cc2c3ccccc3c(Cl)c3ccccc23)NC1=O. The molecule has 3 aromatic rings. The lowest BCUT2D eigenvalue weighted by Crippen LogP contribution is -2.26. The van der Waals surface area contributed by atoms with Crippen molar-refractivity contribution in [2.24, 2.45) is 10.2 Å². The van der Waals surface area contributed by atoms with Crippen molar-refractivity contribution in [3.05, 3.63) is 59.1 Å². The molecule has 1 atom stereocenters. The van der Waals surface area contributed by atoms with Crippen LogP contribution in [-0.2, 0) is 9.59 Å². The predicted molar refractivity (Wildman–Crippen MR) is 113 cm³/mol. The van der Waals surface area contributed by atoms with Crippen molar-refractivity contribution in [2.45, 2.75) is 11.7 Å². The molecule has 1 saturated heterocycles. The van der Waals surface area contributed by atoms with Gasteiger partial charge in [0.05, 0.1) is 17.7 Å². The van der Waals surface area contributed by atoms with Crippen LogP contribution in [0, 0.1) is 0 Å².